The molecule has 0 amide bonds. The number of para-hydroxylation sites is 2. The minimum Gasteiger partial charge on any atom is -0.423 e. The summed E-state index contributed by atoms with van der Waals surface area (Å²) in [4.78, 5) is 0. The number of aromatic nitrogens is 1. The number of hydrogen-bond donors (Lipinski definition) is 2. The molecular formula is C18H14BNO2. The largest absolute Gasteiger partial charge is 0.488 e. The van der Waals surface area contributed by atoms with Gasteiger partial charge in [-0.2, -0.15) is 0 Å². The van der Waals surface area contributed by atoms with Crippen LogP contribution in [0.15, 0.2) is 72.5 Å². The zero-order valence-electron chi connectivity index (χ0n) is 22.9. The van der Waals surface area contributed by atoms with Crippen LogP contribution < -0.4 is 5.46 Å². The molecule has 0 aliphatic carbocycles. The van der Waals surface area contributed by atoms with Gasteiger partial charge in [-0.1, -0.05) is 48.3 Å². The molecule has 4 rings (SSSR count). The van der Waals surface area contributed by atoms with Crippen molar-refractivity contribution in [3.8, 4) is 5.69 Å². The smallest absolute Gasteiger partial charge is 0.423 e. The van der Waals surface area contributed by atoms with Gasteiger partial charge in [0.15, 0.2) is 0 Å². The highest BCUT2D eigenvalue weighted by Gasteiger charge is 2.13. The van der Waals surface area contributed by atoms with Gasteiger partial charge in [0.25, 0.3) is 0 Å². The van der Waals surface area contributed by atoms with E-state index in [-0.39, 0.29) is 21.8 Å². The van der Waals surface area contributed by atoms with Crippen LogP contribution in [0, 0.1) is 0 Å². The van der Waals surface area contributed by atoms with Gasteiger partial charge in [0.05, 0.1) is 27.5 Å². The molecule has 0 saturated heterocycles. The highest BCUT2D eigenvalue weighted by molar-refractivity contribution is 6.58. The Morgan fingerprint density at radius 1 is 0.727 bits per heavy atom. The average molecular weight is 299 g/mol. The fourth-order valence-corrected chi connectivity index (χ4v) is 2.20. The monoisotopic (exact) mass is 299 g/mol. The Balaban J connectivity index is 2.45. The first-order valence-electron chi connectivity index (χ1n) is 12.2. The lowest BCUT2D eigenvalue weighted by atomic mass is 9.80. The van der Waals surface area contributed by atoms with Crippen LogP contribution in [-0.4, -0.2) is 21.7 Å². The number of hydrogen-bond acceptors (Lipinski definition) is 2. The van der Waals surface area contributed by atoms with Crippen LogP contribution in [0.25, 0.3) is 27.5 Å². The maximum atomic E-state index is 9.54. The van der Waals surface area contributed by atoms with Gasteiger partial charge in [0.1, 0.15) is 0 Å². The van der Waals surface area contributed by atoms with Crippen LogP contribution in [0.4, 0.5) is 0 Å². The standard InChI is InChI=1S/C18H14BNO2/c21-19(22)13-9-11-14(12-10-13)20-17-7-3-1-5-15(17)16-6-2-4-8-18(16)20/h1-12,21-22H/i1D,2D,3D,4D,5D,6D,7D,8D,9D,10D,11D,12D. The van der Waals surface area contributed by atoms with Crippen molar-refractivity contribution in [2.24, 2.45) is 0 Å². The highest BCUT2D eigenvalue weighted by Crippen LogP contribution is 2.31. The Kier molecular flexibility index (Phi) is 1.27. The van der Waals surface area contributed by atoms with Gasteiger partial charge in [-0.15, -0.1) is 0 Å². The minimum absolute atomic E-state index is 0.281. The van der Waals surface area contributed by atoms with Crippen molar-refractivity contribution in [2.45, 2.75) is 0 Å². The molecule has 1 aromatic heterocycles. The van der Waals surface area contributed by atoms with E-state index in [0.29, 0.717) is 0 Å². The van der Waals surface area contributed by atoms with E-state index in [1.807, 2.05) is 0 Å². The molecule has 0 radical (unpaired) electrons. The summed E-state index contributed by atoms with van der Waals surface area (Å²) >= 11 is 0. The van der Waals surface area contributed by atoms with E-state index in [0.717, 1.165) is 4.57 Å². The quantitative estimate of drug-likeness (QED) is 0.559. The van der Waals surface area contributed by atoms with E-state index in [1.54, 1.807) is 0 Å². The lowest BCUT2D eigenvalue weighted by molar-refractivity contribution is 0.426. The molecule has 2 N–H and O–H groups in total. The van der Waals surface area contributed by atoms with Gasteiger partial charge < -0.3 is 14.6 Å². The summed E-state index contributed by atoms with van der Waals surface area (Å²) in [6, 6.07) is -8.53. The summed E-state index contributed by atoms with van der Waals surface area (Å²) < 4.78 is 99.7. The molecule has 1 heterocycles. The molecule has 0 bridgehead atoms. The van der Waals surface area contributed by atoms with Crippen molar-refractivity contribution >= 4 is 34.4 Å². The Morgan fingerprint density at radius 2 is 1.23 bits per heavy atom. The van der Waals surface area contributed by atoms with Crippen LogP contribution >= 0.6 is 0 Å². The van der Waals surface area contributed by atoms with Crippen molar-refractivity contribution in [3.63, 3.8) is 0 Å². The van der Waals surface area contributed by atoms with Crippen molar-refractivity contribution in [3.05, 3.63) is 72.5 Å². The molecule has 3 nitrogen and oxygen atoms in total. The second kappa shape index (κ2) is 5.02. The molecule has 3 aromatic carbocycles. The maximum absolute atomic E-state index is 9.54. The first-order valence-corrected chi connectivity index (χ1v) is 6.23. The number of rotatable bonds is 2. The van der Waals surface area contributed by atoms with Gasteiger partial charge in [-0.3, -0.25) is 0 Å². The molecule has 0 spiro atoms. The topological polar surface area (TPSA) is 45.4 Å². The Morgan fingerprint density at radius 3 is 1.73 bits per heavy atom. The van der Waals surface area contributed by atoms with E-state index in [2.05, 4.69) is 0 Å². The summed E-state index contributed by atoms with van der Waals surface area (Å²) in [7, 11) is -2.34. The normalized spacial score (nSPS) is 18.8. The molecule has 22 heavy (non-hydrogen) atoms. The average Bonchev–Trinajstić information content (AvgIpc) is 3.13. The zero-order chi connectivity index (χ0) is 25.5. The van der Waals surface area contributed by atoms with Gasteiger partial charge in [0, 0.05) is 16.5 Å². The molecule has 4 heteroatoms. The summed E-state index contributed by atoms with van der Waals surface area (Å²) in [5.41, 5.74) is -2.03. The van der Waals surface area contributed by atoms with E-state index in [1.165, 1.54) is 0 Å². The fourth-order valence-electron chi connectivity index (χ4n) is 2.20. The van der Waals surface area contributed by atoms with Gasteiger partial charge >= 0.3 is 7.12 Å². The molecule has 0 unspecified atom stereocenters. The molecule has 0 aliphatic heterocycles. The van der Waals surface area contributed by atoms with Crippen LogP contribution in [0.5, 0.6) is 0 Å². The maximum Gasteiger partial charge on any atom is 0.488 e. The molecule has 0 atom stereocenters. The van der Waals surface area contributed by atoms with Crippen molar-refractivity contribution in [1.82, 2.24) is 4.57 Å². The third-order valence-electron chi connectivity index (χ3n) is 3.15. The Bertz CT molecular complexity index is 1460. The van der Waals surface area contributed by atoms with Crippen LogP contribution in [0.1, 0.15) is 16.4 Å². The molecule has 4 aromatic rings. The lowest BCUT2D eigenvalue weighted by Crippen LogP contribution is -2.29. The summed E-state index contributed by atoms with van der Waals surface area (Å²) in [6.45, 7) is 0. The summed E-state index contributed by atoms with van der Waals surface area (Å²) in [5, 5.41) is 18.5. The molecule has 0 saturated carbocycles. The van der Waals surface area contributed by atoms with E-state index in [4.69, 9.17) is 16.4 Å². The van der Waals surface area contributed by atoms with Gasteiger partial charge in [-0.05, 0) is 29.6 Å². The summed E-state index contributed by atoms with van der Waals surface area (Å²) in [6.07, 6.45) is 0. The predicted molar refractivity (Wildman–Crippen MR) is 90.6 cm³/mol. The Labute approximate surface area is 145 Å². The van der Waals surface area contributed by atoms with E-state index < -0.39 is 90.8 Å². The molecular weight excluding hydrogens is 273 g/mol. The van der Waals surface area contributed by atoms with Crippen LogP contribution in [0.3, 0.4) is 0 Å². The predicted octanol–water partition coefficient (Wildman–Crippen LogP) is 2.46. The number of fused-ring (bicyclic) bond motifs is 3. The van der Waals surface area contributed by atoms with E-state index >= 15 is 0 Å². The van der Waals surface area contributed by atoms with Crippen molar-refractivity contribution < 1.29 is 26.5 Å². The number of nitrogens with zero attached hydrogens (tertiary/aromatic N) is 1. The third-order valence-corrected chi connectivity index (χ3v) is 3.15. The zero-order valence-corrected chi connectivity index (χ0v) is 10.9. The van der Waals surface area contributed by atoms with Gasteiger partial charge in [0.2, 0.25) is 0 Å². The fraction of sp³-hybridized carbons (Fsp3) is 0. The summed E-state index contributed by atoms with van der Waals surface area (Å²) in [5.74, 6) is 0. The second-order valence-corrected chi connectivity index (χ2v) is 4.42. The molecule has 106 valence electrons. The van der Waals surface area contributed by atoms with Crippen LogP contribution in [-0.2, 0) is 0 Å². The Hall–Kier alpha value is -2.56. The van der Waals surface area contributed by atoms with Crippen molar-refractivity contribution in [2.75, 3.05) is 0 Å². The highest BCUT2D eigenvalue weighted by atomic mass is 16.4. The first-order chi connectivity index (χ1) is 15.7. The number of benzene rings is 3. The second-order valence-electron chi connectivity index (χ2n) is 4.42. The van der Waals surface area contributed by atoms with Crippen LogP contribution in [0.2, 0.25) is 0 Å². The SMILES string of the molecule is [2H]c1c([2H])c(-n2c3c([2H])c([2H])c([2H])c([2H])c3c3c([2H])c([2H])c([2H])c([2H])c32)c([2H])c([2H])c1B(O)O. The lowest BCUT2D eigenvalue weighted by Gasteiger charge is -2.08. The first kappa shape index (κ1) is 5.58. The van der Waals surface area contributed by atoms with Crippen molar-refractivity contribution in [1.29, 1.82) is 0 Å². The van der Waals surface area contributed by atoms with Gasteiger partial charge in [-0.25, -0.2) is 0 Å². The molecule has 0 fully saturated rings. The minimum atomic E-state index is -2.34. The molecule has 0 aliphatic rings. The third kappa shape index (κ3) is 1.93. The van der Waals surface area contributed by atoms with E-state index in [9.17, 15) is 10.0 Å².